The second-order valence-electron chi connectivity index (χ2n) is 5.87. The molecule has 0 spiro atoms. The highest BCUT2D eigenvalue weighted by molar-refractivity contribution is 5.33. The lowest BCUT2D eigenvalue weighted by Gasteiger charge is -2.44. The smallest absolute Gasteiger partial charge is 0.123 e. The third-order valence-corrected chi connectivity index (χ3v) is 4.20. The van der Waals surface area contributed by atoms with Crippen LogP contribution >= 0.6 is 0 Å². The Balaban J connectivity index is 1.95. The van der Waals surface area contributed by atoms with Gasteiger partial charge in [0, 0.05) is 25.2 Å². The lowest BCUT2D eigenvalue weighted by atomic mass is 9.68. The first-order chi connectivity index (χ1) is 9.19. The number of rotatable bonds is 7. The van der Waals surface area contributed by atoms with Crippen LogP contribution in [0.25, 0.3) is 0 Å². The predicted octanol–water partition coefficient (Wildman–Crippen LogP) is 2.52. The van der Waals surface area contributed by atoms with E-state index in [0.29, 0.717) is 5.41 Å². The van der Waals surface area contributed by atoms with Crippen molar-refractivity contribution in [1.82, 2.24) is 10.2 Å². The summed E-state index contributed by atoms with van der Waals surface area (Å²) in [7, 11) is 6.01. The Bertz CT molecular complexity index is 401. The van der Waals surface area contributed by atoms with Crippen LogP contribution in [0, 0.1) is 5.41 Å². The first-order valence-corrected chi connectivity index (χ1v) is 7.14. The van der Waals surface area contributed by atoms with Crippen molar-refractivity contribution in [3.8, 4) is 5.75 Å². The zero-order valence-corrected chi connectivity index (χ0v) is 12.4. The summed E-state index contributed by atoms with van der Waals surface area (Å²) in [5.41, 5.74) is 1.76. The van der Waals surface area contributed by atoms with E-state index in [4.69, 9.17) is 4.74 Å². The lowest BCUT2D eigenvalue weighted by Crippen LogP contribution is -2.46. The number of hydrogen-bond acceptors (Lipinski definition) is 3. The Labute approximate surface area is 116 Å². The van der Waals surface area contributed by atoms with Crippen LogP contribution in [-0.4, -0.2) is 39.2 Å². The Morgan fingerprint density at radius 3 is 2.63 bits per heavy atom. The average molecular weight is 262 g/mol. The molecule has 0 heterocycles. The molecule has 0 aliphatic heterocycles. The van der Waals surface area contributed by atoms with Gasteiger partial charge < -0.3 is 15.0 Å². The van der Waals surface area contributed by atoms with E-state index in [1.54, 1.807) is 7.11 Å². The topological polar surface area (TPSA) is 24.5 Å². The maximum atomic E-state index is 5.43. The molecule has 3 nitrogen and oxygen atoms in total. The Morgan fingerprint density at radius 2 is 2.05 bits per heavy atom. The standard InChI is InChI=1S/C16H26N2O/c1-17-12-16(9-6-10-16)13-18(2)11-14-7-4-5-8-15(14)19-3/h4-5,7-8,17H,6,9-13H2,1-3H3. The SMILES string of the molecule is CNCC1(CN(C)Cc2ccccc2OC)CCC1. The zero-order chi connectivity index (χ0) is 13.7. The minimum absolute atomic E-state index is 0.492. The molecule has 1 saturated carbocycles. The summed E-state index contributed by atoms with van der Waals surface area (Å²) >= 11 is 0. The first kappa shape index (κ1) is 14.4. The molecule has 0 bridgehead atoms. The van der Waals surface area contributed by atoms with Crippen LogP contribution in [0.15, 0.2) is 24.3 Å². The number of ether oxygens (including phenoxy) is 1. The van der Waals surface area contributed by atoms with Gasteiger partial charge in [-0.2, -0.15) is 0 Å². The predicted molar refractivity (Wildman–Crippen MR) is 79.5 cm³/mol. The van der Waals surface area contributed by atoms with Gasteiger partial charge in [0.2, 0.25) is 0 Å². The highest BCUT2D eigenvalue weighted by Gasteiger charge is 2.37. The highest BCUT2D eigenvalue weighted by Crippen LogP contribution is 2.41. The number of hydrogen-bond donors (Lipinski definition) is 1. The van der Waals surface area contributed by atoms with Crippen molar-refractivity contribution in [3.63, 3.8) is 0 Å². The number of nitrogens with zero attached hydrogens (tertiary/aromatic N) is 1. The van der Waals surface area contributed by atoms with Gasteiger partial charge in [-0.15, -0.1) is 0 Å². The van der Waals surface area contributed by atoms with Gasteiger partial charge in [0.05, 0.1) is 7.11 Å². The normalized spacial score (nSPS) is 17.3. The number of para-hydroxylation sites is 1. The molecule has 0 aromatic heterocycles. The van der Waals surface area contributed by atoms with Crippen molar-refractivity contribution in [2.45, 2.75) is 25.8 Å². The van der Waals surface area contributed by atoms with Crippen LogP contribution in [-0.2, 0) is 6.54 Å². The Kier molecular flexibility index (Phi) is 4.83. The van der Waals surface area contributed by atoms with E-state index in [1.807, 2.05) is 12.1 Å². The fraction of sp³-hybridized carbons (Fsp3) is 0.625. The summed E-state index contributed by atoms with van der Waals surface area (Å²) in [6, 6.07) is 8.30. The van der Waals surface area contributed by atoms with Crippen LogP contribution in [0.4, 0.5) is 0 Å². The maximum Gasteiger partial charge on any atom is 0.123 e. The summed E-state index contributed by atoms with van der Waals surface area (Å²) in [5.74, 6) is 0.991. The van der Waals surface area contributed by atoms with E-state index in [0.717, 1.165) is 25.4 Å². The van der Waals surface area contributed by atoms with Crippen LogP contribution < -0.4 is 10.1 Å². The van der Waals surface area contributed by atoms with Gasteiger partial charge in [-0.25, -0.2) is 0 Å². The van der Waals surface area contributed by atoms with Crippen molar-refractivity contribution >= 4 is 0 Å². The molecule has 0 radical (unpaired) electrons. The maximum absolute atomic E-state index is 5.43. The highest BCUT2D eigenvalue weighted by atomic mass is 16.5. The van der Waals surface area contributed by atoms with Gasteiger partial charge in [-0.05, 0) is 38.4 Å². The number of nitrogens with one attached hydrogen (secondary N) is 1. The van der Waals surface area contributed by atoms with Crippen molar-refractivity contribution in [3.05, 3.63) is 29.8 Å². The van der Waals surface area contributed by atoms with E-state index in [-0.39, 0.29) is 0 Å². The summed E-state index contributed by atoms with van der Waals surface area (Å²) in [4.78, 5) is 2.42. The fourth-order valence-electron chi connectivity index (χ4n) is 3.20. The van der Waals surface area contributed by atoms with Crippen LogP contribution in [0.2, 0.25) is 0 Å². The first-order valence-electron chi connectivity index (χ1n) is 7.14. The van der Waals surface area contributed by atoms with Gasteiger partial charge in [0.15, 0.2) is 0 Å². The van der Waals surface area contributed by atoms with E-state index < -0.39 is 0 Å². The summed E-state index contributed by atoms with van der Waals surface area (Å²) in [6.07, 6.45) is 4.08. The molecule has 1 fully saturated rings. The minimum atomic E-state index is 0.492. The van der Waals surface area contributed by atoms with Gasteiger partial charge in [0.25, 0.3) is 0 Å². The number of benzene rings is 1. The fourth-order valence-corrected chi connectivity index (χ4v) is 3.20. The van der Waals surface area contributed by atoms with Gasteiger partial charge >= 0.3 is 0 Å². The van der Waals surface area contributed by atoms with Crippen molar-refractivity contribution in [2.24, 2.45) is 5.41 Å². The Morgan fingerprint density at radius 1 is 1.32 bits per heavy atom. The van der Waals surface area contributed by atoms with E-state index in [1.165, 1.54) is 24.8 Å². The quantitative estimate of drug-likeness (QED) is 0.817. The average Bonchev–Trinajstić information content (AvgIpc) is 2.37. The third kappa shape index (κ3) is 3.48. The molecular formula is C16H26N2O. The molecule has 1 aliphatic rings. The molecule has 19 heavy (non-hydrogen) atoms. The molecule has 0 amide bonds. The minimum Gasteiger partial charge on any atom is -0.496 e. The lowest BCUT2D eigenvalue weighted by molar-refractivity contribution is 0.0765. The Hall–Kier alpha value is -1.06. The van der Waals surface area contributed by atoms with Crippen LogP contribution in [0.5, 0.6) is 5.75 Å². The molecule has 1 aromatic rings. The van der Waals surface area contributed by atoms with E-state index in [9.17, 15) is 0 Å². The van der Waals surface area contributed by atoms with Gasteiger partial charge in [-0.3, -0.25) is 0 Å². The summed E-state index contributed by atoms with van der Waals surface area (Å²) < 4.78 is 5.43. The largest absolute Gasteiger partial charge is 0.496 e. The molecule has 0 saturated heterocycles. The number of methoxy groups -OCH3 is 1. The molecule has 1 aliphatic carbocycles. The molecule has 2 rings (SSSR count). The molecule has 3 heteroatoms. The molecule has 0 atom stereocenters. The second-order valence-corrected chi connectivity index (χ2v) is 5.87. The van der Waals surface area contributed by atoms with Gasteiger partial charge in [0.1, 0.15) is 5.75 Å². The molecule has 106 valence electrons. The van der Waals surface area contributed by atoms with Crippen LogP contribution in [0.1, 0.15) is 24.8 Å². The second kappa shape index (κ2) is 6.40. The van der Waals surface area contributed by atoms with Gasteiger partial charge in [-0.1, -0.05) is 24.6 Å². The summed E-state index contributed by atoms with van der Waals surface area (Å²) in [5, 5.41) is 3.35. The van der Waals surface area contributed by atoms with Crippen LogP contribution in [0.3, 0.4) is 0 Å². The van der Waals surface area contributed by atoms with Crippen molar-refractivity contribution < 1.29 is 4.74 Å². The van der Waals surface area contributed by atoms with E-state index in [2.05, 4.69) is 36.4 Å². The summed E-state index contributed by atoms with van der Waals surface area (Å²) in [6.45, 7) is 3.24. The monoisotopic (exact) mass is 262 g/mol. The molecular weight excluding hydrogens is 236 g/mol. The van der Waals surface area contributed by atoms with Crippen molar-refractivity contribution in [1.29, 1.82) is 0 Å². The molecule has 0 unspecified atom stereocenters. The third-order valence-electron chi connectivity index (χ3n) is 4.20. The molecule has 1 aromatic carbocycles. The zero-order valence-electron chi connectivity index (χ0n) is 12.4. The molecule has 1 N–H and O–H groups in total. The van der Waals surface area contributed by atoms with E-state index >= 15 is 0 Å². The van der Waals surface area contributed by atoms with Crippen molar-refractivity contribution in [2.75, 3.05) is 34.3 Å².